The fourth-order valence-corrected chi connectivity index (χ4v) is 2.68. The molecule has 0 saturated heterocycles. The number of nitrogens with one attached hydrogen (secondary N) is 1. The first-order valence-electron chi connectivity index (χ1n) is 6.82. The van der Waals surface area contributed by atoms with Crippen LogP contribution in [0.1, 0.15) is 23.1 Å². The zero-order chi connectivity index (χ0) is 15.7. The Morgan fingerprint density at radius 2 is 2.09 bits per heavy atom. The number of rotatable bonds is 3. The van der Waals surface area contributed by atoms with Crippen LogP contribution in [0.25, 0.3) is 5.65 Å². The molecule has 0 spiro atoms. The van der Waals surface area contributed by atoms with Crippen LogP contribution in [0.15, 0.2) is 47.1 Å². The highest BCUT2D eigenvalue weighted by Crippen LogP contribution is 2.23. The molecule has 2 aromatic heterocycles. The number of para-hydroxylation sites is 1. The topological polar surface area (TPSA) is 46.4 Å². The quantitative estimate of drug-likeness (QED) is 0.764. The summed E-state index contributed by atoms with van der Waals surface area (Å²) in [5.74, 6) is -0.732. The predicted octanol–water partition coefficient (Wildman–Crippen LogP) is 4.05. The Hall–Kier alpha value is -2.21. The van der Waals surface area contributed by atoms with Crippen LogP contribution in [0.5, 0.6) is 0 Å². The number of hydrogen-bond donors (Lipinski definition) is 1. The summed E-state index contributed by atoms with van der Waals surface area (Å²) in [5.41, 5.74) is 2.19. The minimum absolute atomic E-state index is 0.318. The molecule has 4 nitrogen and oxygen atoms in total. The van der Waals surface area contributed by atoms with Crippen molar-refractivity contribution >= 4 is 33.2 Å². The van der Waals surface area contributed by atoms with Crippen LogP contribution in [-0.4, -0.2) is 15.3 Å². The van der Waals surface area contributed by atoms with E-state index in [-0.39, 0.29) is 5.91 Å². The number of nitrogens with zero attached hydrogens (tertiary/aromatic N) is 2. The zero-order valence-electron chi connectivity index (χ0n) is 11.8. The highest BCUT2D eigenvalue weighted by atomic mass is 79.9. The monoisotopic (exact) mass is 361 g/mol. The van der Waals surface area contributed by atoms with Crippen LogP contribution < -0.4 is 5.32 Å². The third-order valence-corrected chi connectivity index (χ3v) is 4.02. The Balaban J connectivity index is 2.06. The number of anilines is 1. The number of carbonyl (C=O) groups excluding carboxylic acids is 1. The van der Waals surface area contributed by atoms with Gasteiger partial charge in [-0.3, -0.25) is 9.20 Å². The molecule has 0 unspecified atom stereocenters. The molecule has 112 valence electrons. The smallest absolute Gasteiger partial charge is 0.274 e. The molecule has 3 aromatic rings. The lowest BCUT2D eigenvalue weighted by Gasteiger charge is -2.08. The molecule has 6 heteroatoms. The number of benzene rings is 1. The molecular weight excluding hydrogens is 349 g/mol. The summed E-state index contributed by atoms with van der Waals surface area (Å²) in [6.07, 6.45) is 1.86. The van der Waals surface area contributed by atoms with E-state index in [1.54, 1.807) is 12.1 Å². The van der Waals surface area contributed by atoms with Crippen molar-refractivity contribution in [3.63, 3.8) is 0 Å². The SMILES string of the molecule is CCc1nc2ccc(F)cn2c1C(=O)Nc1ccccc1Br. The number of carbonyl (C=O) groups is 1. The van der Waals surface area contributed by atoms with Crippen molar-refractivity contribution in [3.05, 3.63) is 64.3 Å². The summed E-state index contributed by atoms with van der Waals surface area (Å²) < 4.78 is 15.8. The molecule has 1 aromatic carbocycles. The molecule has 22 heavy (non-hydrogen) atoms. The van der Waals surface area contributed by atoms with Crippen molar-refractivity contribution in [2.45, 2.75) is 13.3 Å². The maximum Gasteiger partial charge on any atom is 0.274 e. The van der Waals surface area contributed by atoms with Crippen LogP contribution in [0.3, 0.4) is 0 Å². The summed E-state index contributed by atoms with van der Waals surface area (Å²) in [7, 11) is 0. The largest absolute Gasteiger partial charge is 0.320 e. The van der Waals surface area contributed by atoms with E-state index in [0.29, 0.717) is 29.1 Å². The first-order chi connectivity index (χ1) is 10.6. The van der Waals surface area contributed by atoms with Crippen molar-refractivity contribution in [3.8, 4) is 0 Å². The summed E-state index contributed by atoms with van der Waals surface area (Å²) >= 11 is 3.39. The minimum Gasteiger partial charge on any atom is -0.320 e. The molecule has 0 aliphatic heterocycles. The fourth-order valence-electron chi connectivity index (χ4n) is 2.30. The standard InChI is InChI=1S/C16H13BrFN3O/c1-2-12-15(21-9-10(18)7-8-14(21)19-12)16(22)20-13-6-4-3-5-11(13)17/h3-9H,2H2,1H3,(H,20,22). The molecule has 3 rings (SSSR count). The number of pyridine rings is 1. The third-order valence-electron chi connectivity index (χ3n) is 3.33. The van der Waals surface area contributed by atoms with Crippen LogP contribution in [0.4, 0.5) is 10.1 Å². The van der Waals surface area contributed by atoms with Crippen molar-refractivity contribution in [1.82, 2.24) is 9.38 Å². The Bertz CT molecular complexity index is 860. The van der Waals surface area contributed by atoms with Crippen molar-refractivity contribution in [2.24, 2.45) is 0 Å². The van der Waals surface area contributed by atoms with E-state index in [9.17, 15) is 9.18 Å². The van der Waals surface area contributed by atoms with Crippen molar-refractivity contribution in [2.75, 3.05) is 5.32 Å². The first kappa shape index (κ1) is 14.7. The van der Waals surface area contributed by atoms with Gasteiger partial charge in [0.25, 0.3) is 5.91 Å². The van der Waals surface area contributed by atoms with Gasteiger partial charge >= 0.3 is 0 Å². The van der Waals surface area contributed by atoms with E-state index in [0.717, 1.165) is 4.47 Å². The zero-order valence-corrected chi connectivity index (χ0v) is 13.4. The molecule has 1 N–H and O–H groups in total. The van der Waals surface area contributed by atoms with Gasteiger partial charge in [-0.1, -0.05) is 19.1 Å². The van der Waals surface area contributed by atoms with Gasteiger partial charge in [0, 0.05) is 10.7 Å². The van der Waals surface area contributed by atoms with E-state index in [1.807, 2.05) is 25.1 Å². The highest BCUT2D eigenvalue weighted by molar-refractivity contribution is 9.10. The molecule has 0 bridgehead atoms. The number of aryl methyl sites for hydroxylation is 1. The Labute approximate surface area is 135 Å². The molecule has 1 amide bonds. The Morgan fingerprint density at radius 1 is 1.32 bits per heavy atom. The number of aromatic nitrogens is 2. The molecule has 0 aliphatic rings. The number of hydrogen-bond acceptors (Lipinski definition) is 2. The highest BCUT2D eigenvalue weighted by Gasteiger charge is 2.19. The molecule has 0 fully saturated rings. The summed E-state index contributed by atoms with van der Waals surface area (Å²) in [6, 6.07) is 10.2. The van der Waals surface area contributed by atoms with Gasteiger partial charge in [-0.15, -0.1) is 0 Å². The minimum atomic E-state index is -0.414. The van der Waals surface area contributed by atoms with Gasteiger partial charge in [0.2, 0.25) is 0 Å². The lowest BCUT2D eigenvalue weighted by molar-refractivity contribution is 0.102. The van der Waals surface area contributed by atoms with E-state index < -0.39 is 5.82 Å². The fraction of sp³-hybridized carbons (Fsp3) is 0.125. The average molecular weight is 362 g/mol. The molecule has 0 aliphatic carbocycles. The summed E-state index contributed by atoms with van der Waals surface area (Å²) in [6.45, 7) is 1.91. The second-order valence-electron chi connectivity index (χ2n) is 4.77. The summed E-state index contributed by atoms with van der Waals surface area (Å²) in [4.78, 5) is 17.0. The van der Waals surface area contributed by atoms with Crippen molar-refractivity contribution in [1.29, 1.82) is 0 Å². The van der Waals surface area contributed by atoms with Crippen LogP contribution >= 0.6 is 15.9 Å². The third kappa shape index (κ3) is 2.62. The van der Waals surface area contributed by atoms with Gasteiger partial charge < -0.3 is 5.32 Å². The lowest BCUT2D eigenvalue weighted by Crippen LogP contribution is -2.16. The van der Waals surface area contributed by atoms with Crippen LogP contribution in [0.2, 0.25) is 0 Å². The predicted molar refractivity (Wildman–Crippen MR) is 86.6 cm³/mol. The molecular formula is C16H13BrFN3O. The first-order valence-corrected chi connectivity index (χ1v) is 7.62. The van der Waals surface area contributed by atoms with Gasteiger partial charge in [-0.2, -0.15) is 0 Å². The number of amides is 1. The Kier molecular flexibility index (Phi) is 3.94. The molecule has 2 heterocycles. The number of halogens is 2. The van der Waals surface area contributed by atoms with Gasteiger partial charge in [-0.25, -0.2) is 9.37 Å². The van der Waals surface area contributed by atoms with Gasteiger partial charge in [0.15, 0.2) is 0 Å². The molecule has 0 atom stereocenters. The number of imidazole rings is 1. The summed E-state index contributed by atoms with van der Waals surface area (Å²) in [5, 5.41) is 2.83. The molecule has 0 saturated carbocycles. The van der Waals surface area contributed by atoms with E-state index >= 15 is 0 Å². The average Bonchev–Trinajstić information content (AvgIpc) is 2.87. The second-order valence-corrected chi connectivity index (χ2v) is 5.62. The lowest BCUT2D eigenvalue weighted by atomic mass is 10.2. The second kappa shape index (κ2) is 5.88. The van der Waals surface area contributed by atoms with E-state index in [1.165, 1.54) is 16.7 Å². The maximum atomic E-state index is 13.5. The van der Waals surface area contributed by atoms with Gasteiger partial charge in [0.1, 0.15) is 17.2 Å². The van der Waals surface area contributed by atoms with E-state index in [4.69, 9.17) is 0 Å². The number of fused-ring (bicyclic) bond motifs is 1. The van der Waals surface area contributed by atoms with Gasteiger partial charge in [0.05, 0.1) is 11.4 Å². The van der Waals surface area contributed by atoms with Gasteiger partial charge in [-0.05, 0) is 46.6 Å². The Morgan fingerprint density at radius 3 is 2.82 bits per heavy atom. The maximum absolute atomic E-state index is 13.5. The molecule has 0 radical (unpaired) electrons. The van der Waals surface area contributed by atoms with Crippen LogP contribution in [0, 0.1) is 5.82 Å². The van der Waals surface area contributed by atoms with E-state index in [2.05, 4.69) is 26.2 Å². The normalized spacial score (nSPS) is 10.9. The van der Waals surface area contributed by atoms with Crippen molar-refractivity contribution < 1.29 is 9.18 Å². The van der Waals surface area contributed by atoms with Crippen LogP contribution in [-0.2, 0) is 6.42 Å².